The fourth-order valence-corrected chi connectivity index (χ4v) is 1.35. The van der Waals surface area contributed by atoms with Crippen molar-refractivity contribution < 1.29 is 0 Å². The molecule has 1 aromatic rings. The van der Waals surface area contributed by atoms with E-state index in [-0.39, 0.29) is 6.04 Å². The zero-order valence-corrected chi connectivity index (χ0v) is 9.17. The highest BCUT2D eigenvalue weighted by atomic mass is 35.5. The summed E-state index contributed by atoms with van der Waals surface area (Å²) in [6, 6.07) is 7.08. The Morgan fingerprint density at radius 3 is 2.87 bits per heavy atom. The average molecular weight is 219 g/mol. The number of nitrogens with one attached hydrogen (secondary N) is 1. The van der Waals surface area contributed by atoms with Crippen molar-refractivity contribution in [3.05, 3.63) is 28.8 Å². The smallest absolute Gasteiger partial charge is 0.101 e. The van der Waals surface area contributed by atoms with Crippen molar-refractivity contribution in [1.29, 1.82) is 5.26 Å². The van der Waals surface area contributed by atoms with Crippen LogP contribution in [0, 0.1) is 23.7 Å². The highest BCUT2D eigenvalue weighted by molar-refractivity contribution is 6.30. The molecule has 0 aliphatic rings. The molecule has 0 heterocycles. The Bertz CT molecular complexity index is 426. The lowest BCUT2D eigenvalue weighted by atomic mass is 10.1. The van der Waals surface area contributed by atoms with Gasteiger partial charge in [-0.3, -0.25) is 0 Å². The van der Waals surface area contributed by atoms with Gasteiger partial charge in [0.05, 0.1) is 17.3 Å². The first-order chi connectivity index (χ1) is 7.21. The first-order valence-corrected chi connectivity index (χ1v) is 5.01. The summed E-state index contributed by atoms with van der Waals surface area (Å²) in [4.78, 5) is 0. The molecule has 1 aromatic carbocycles. The molecular formula is C12H11ClN2. The second kappa shape index (κ2) is 5.29. The van der Waals surface area contributed by atoms with Gasteiger partial charge in [0, 0.05) is 5.02 Å². The van der Waals surface area contributed by atoms with Gasteiger partial charge in [-0.2, -0.15) is 5.26 Å². The van der Waals surface area contributed by atoms with Crippen molar-refractivity contribution in [2.45, 2.75) is 19.4 Å². The summed E-state index contributed by atoms with van der Waals surface area (Å²) in [7, 11) is 0. The average Bonchev–Trinajstić information content (AvgIpc) is 2.26. The molecule has 1 rings (SSSR count). The van der Waals surface area contributed by atoms with E-state index >= 15 is 0 Å². The molecule has 1 atom stereocenters. The van der Waals surface area contributed by atoms with Crippen molar-refractivity contribution in [2.24, 2.45) is 0 Å². The van der Waals surface area contributed by atoms with E-state index in [4.69, 9.17) is 23.3 Å². The van der Waals surface area contributed by atoms with Gasteiger partial charge in [-0.05, 0) is 24.6 Å². The largest absolute Gasteiger partial charge is 0.370 e. The molecule has 0 saturated heterocycles. The number of hydrogen-bond donors (Lipinski definition) is 1. The molecule has 2 nitrogen and oxygen atoms in total. The maximum absolute atomic E-state index is 8.88. The van der Waals surface area contributed by atoms with Crippen LogP contribution in [0.1, 0.15) is 18.9 Å². The predicted molar refractivity (Wildman–Crippen MR) is 62.7 cm³/mol. The van der Waals surface area contributed by atoms with Gasteiger partial charge in [0.1, 0.15) is 6.07 Å². The summed E-state index contributed by atoms with van der Waals surface area (Å²) in [5, 5.41) is 12.6. The van der Waals surface area contributed by atoms with Crippen LogP contribution in [0.4, 0.5) is 5.69 Å². The van der Waals surface area contributed by atoms with Crippen LogP contribution in [0.25, 0.3) is 0 Å². The topological polar surface area (TPSA) is 35.8 Å². The van der Waals surface area contributed by atoms with Gasteiger partial charge < -0.3 is 5.32 Å². The van der Waals surface area contributed by atoms with E-state index in [1.165, 1.54) is 0 Å². The number of benzene rings is 1. The van der Waals surface area contributed by atoms with Crippen LogP contribution in [-0.2, 0) is 0 Å². The summed E-state index contributed by atoms with van der Waals surface area (Å²) in [6.45, 7) is 1.98. The van der Waals surface area contributed by atoms with Crippen molar-refractivity contribution in [1.82, 2.24) is 0 Å². The molecular weight excluding hydrogens is 208 g/mol. The summed E-state index contributed by atoms with van der Waals surface area (Å²) in [6.07, 6.45) is 6.13. The molecule has 0 aliphatic carbocycles. The number of nitrogens with zero attached hydrogens (tertiary/aromatic N) is 1. The van der Waals surface area contributed by atoms with Crippen LogP contribution in [0.3, 0.4) is 0 Å². The Labute approximate surface area is 94.9 Å². The first-order valence-electron chi connectivity index (χ1n) is 4.63. The van der Waals surface area contributed by atoms with E-state index in [0.717, 1.165) is 6.42 Å². The molecule has 3 heteroatoms. The van der Waals surface area contributed by atoms with Gasteiger partial charge >= 0.3 is 0 Å². The normalized spacial score (nSPS) is 11.2. The minimum absolute atomic E-state index is 0.0735. The van der Waals surface area contributed by atoms with E-state index in [1.807, 2.05) is 6.92 Å². The van der Waals surface area contributed by atoms with Gasteiger partial charge in [-0.25, -0.2) is 0 Å². The van der Waals surface area contributed by atoms with E-state index < -0.39 is 0 Å². The van der Waals surface area contributed by atoms with Gasteiger partial charge in [0.15, 0.2) is 0 Å². The Morgan fingerprint density at radius 2 is 2.33 bits per heavy atom. The zero-order valence-electron chi connectivity index (χ0n) is 8.42. The quantitative estimate of drug-likeness (QED) is 0.792. The standard InChI is InChI=1S/C12H11ClN2/c1-3-11(4-2)15-12-7-10(13)6-5-9(12)8-14/h1,5-7,11,15H,4H2,2H3. The summed E-state index contributed by atoms with van der Waals surface area (Å²) in [5.41, 5.74) is 1.24. The van der Waals surface area contributed by atoms with Crippen LogP contribution in [-0.4, -0.2) is 6.04 Å². The lowest BCUT2D eigenvalue weighted by Crippen LogP contribution is -2.16. The van der Waals surface area contributed by atoms with Crippen LogP contribution in [0.2, 0.25) is 5.02 Å². The van der Waals surface area contributed by atoms with E-state index in [0.29, 0.717) is 16.3 Å². The lowest BCUT2D eigenvalue weighted by molar-refractivity contribution is 0.857. The molecule has 76 valence electrons. The fraction of sp³-hybridized carbons (Fsp3) is 0.250. The van der Waals surface area contributed by atoms with Gasteiger partial charge in [-0.1, -0.05) is 24.4 Å². The van der Waals surface area contributed by atoms with Crippen LogP contribution in [0.15, 0.2) is 18.2 Å². The van der Waals surface area contributed by atoms with Crippen LogP contribution < -0.4 is 5.32 Å². The highest BCUT2D eigenvalue weighted by Crippen LogP contribution is 2.21. The highest BCUT2D eigenvalue weighted by Gasteiger charge is 2.06. The maximum atomic E-state index is 8.88. The van der Waals surface area contributed by atoms with Crippen molar-refractivity contribution in [2.75, 3.05) is 5.32 Å². The Balaban J connectivity index is 2.99. The van der Waals surface area contributed by atoms with Crippen LogP contribution >= 0.6 is 11.6 Å². The molecule has 0 spiro atoms. The SMILES string of the molecule is C#CC(CC)Nc1cc(Cl)ccc1C#N. The summed E-state index contributed by atoms with van der Waals surface area (Å²) < 4.78 is 0. The second-order valence-corrected chi connectivity index (χ2v) is 3.51. The molecule has 1 unspecified atom stereocenters. The summed E-state index contributed by atoms with van der Waals surface area (Å²) in [5.74, 6) is 2.61. The molecule has 0 aliphatic heterocycles. The Hall–Kier alpha value is -1.64. The first kappa shape index (κ1) is 11.4. The van der Waals surface area contributed by atoms with Gasteiger partial charge in [0.25, 0.3) is 0 Å². The van der Waals surface area contributed by atoms with Gasteiger partial charge in [-0.15, -0.1) is 6.42 Å². The fourth-order valence-electron chi connectivity index (χ4n) is 1.18. The van der Waals surface area contributed by atoms with Crippen molar-refractivity contribution >= 4 is 17.3 Å². The number of terminal acetylenes is 1. The number of anilines is 1. The Morgan fingerprint density at radius 1 is 1.60 bits per heavy atom. The lowest BCUT2D eigenvalue weighted by Gasteiger charge is -2.13. The minimum Gasteiger partial charge on any atom is -0.370 e. The van der Waals surface area contributed by atoms with Crippen molar-refractivity contribution in [3.8, 4) is 18.4 Å². The van der Waals surface area contributed by atoms with Gasteiger partial charge in [0.2, 0.25) is 0 Å². The summed E-state index contributed by atoms with van der Waals surface area (Å²) >= 11 is 5.84. The minimum atomic E-state index is -0.0735. The molecule has 0 aromatic heterocycles. The number of hydrogen-bond acceptors (Lipinski definition) is 2. The maximum Gasteiger partial charge on any atom is 0.101 e. The number of rotatable bonds is 3. The second-order valence-electron chi connectivity index (χ2n) is 3.07. The van der Waals surface area contributed by atoms with E-state index in [1.54, 1.807) is 18.2 Å². The predicted octanol–water partition coefficient (Wildman–Crippen LogP) is 3.04. The monoisotopic (exact) mass is 218 g/mol. The third kappa shape index (κ3) is 2.91. The molecule has 0 radical (unpaired) electrons. The molecule has 15 heavy (non-hydrogen) atoms. The number of nitriles is 1. The zero-order chi connectivity index (χ0) is 11.3. The van der Waals surface area contributed by atoms with E-state index in [9.17, 15) is 0 Å². The molecule has 0 bridgehead atoms. The molecule has 0 saturated carbocycles. The molecule has 0 amide bonds. The third-order valence-corrected chi connectivity index (χ3v) is 2.28. The van der Waals surface area contributed by atoms with Crippen molar-refractivity contribution in [3.63, 3.8) is 0 Å². The number of halogens is 1. The third-order valence-electron chi connectivity index (χ3n) is 2.04. The molecule has 0 fully saturated rings. The Kier molecular flexibility index (Phi) is 4.03. The van der Waals surface area contributed by atoms with E-state index in [2.05, 4.69) is 17.3 Å². The molecule has 1 N–H and O–H groups in total. The van der Waals surface area contributed by atoms with Crippen LogP contribution in [0.5, 0.6) is 0 Å².